The lowest BCUT2D eigenvalue weighted by molar-refractivity contribution is 0.340. The lowest BCUT2D eigenvalue weighted by atomic mass is 10.5. The summed E-state index contributed by atoms with van der Waals surface area (Å²) in [5, 5.41) is 7.93. The summed E-state index contributed by atoms with van der Waals surface area (Å²) < 4.78 is 7.05. The van der Waals surface area contributed by atoms with Crippen LogP contribution in [0.15, 0.2) is 23.6 Å². The van der Waals surface area contributed by atoms with Gasteiger partial charge in [-0.05, 0) is 13.2 Å². The molecule has 2 heterocycles. The van der Waals surface area contributed by atoms with Gasteiger partial charge in [0.05, 0.1) is 19.0 Å². The SMILES string of the molecule is CCOc1cnn(-c2cc(NC)nc(SC)n2)c1. The first kappa shape index (κ1) is 12.7. The van der Waals surface area contributed by atoms with Crippen LogP contribution in [0.1, 0.15) is 6.92 Å². The molecule has 0 aliphatic heterocycles. The molecule has 0 aromatic carbocycles. The van der Waals surface area contributed by atoms with Crippen LogP contribution in [-0.2, 0) is 0 Å². The second-order valence-electron chi connectivity index (χ2n) is 3.40. The van der Waals surface area contributed by atoms with E-state index in [4.69, 9.17) is 4.74 Å². The third-order valence-electron chi connectivity index (χ3n) is 2.24. The average molecular weight is 265 g/mol. The Morgan fingerprint density at radius 3 is 2.94 bits per heavy atom. The fraction of sp³-hybridized carbons (Fsp3) is 0.364. The molecule has 0 amide bonds. The zero-order chi connectivity index (χ0) is 13.0. The molecule has 0 atom stereocenters. The molecule has 2 aromatic heterocycles. The Labute approximate surface area is 110 Å². The second kappa shape index (κ2) is 5.72. The zero-order valence-electron chi connectivity index (χ0n) is 10.5. The monoisotopic (exact) mass is 265 g/mol. The molecule has 18 heavy (non-hydrogen) atoms. The van der Waals surface area contributed by atoms with E-state index in [2.05, 4.69) is 20.4 Å². The maximum absolute atomic E-state index is 5.37. The number of aromatic nitrogens is 4. The summed E-state index contributed by atoms with van der Waals surface area (Å²) in [6.07, 6.45) is 5.41. The predicted octanol–water partition coefficient (Wildman–Crippen LogP) is 1.82. The van der Waals surface area contributed by atoms with Crippen LogP contribution in [0.5, 0.6) is 5.75 Å². The standard InChI is InChI=1S/C11H15N5OS/c1-4-17-8-6-13-16(7-8)10-5-9(12-2)14-11(15-10)18-3/h5-7H,4H2,1-3H3,(H,12,14,15). The van der Waals surface area contributed by atoms with Gasteiger partial charge in [0.2, 0.25) is 0 Å². The molecule has 2 rings (SSSR count). The molecule has 0 saturated heterocycles. The Hall–Kier alpha value is -1.76. The van der Waals surface area contributed by atoms with Crippen molar-refractivity contribution in [2.75, 3.05) is 25.2 Å². The van der Waals surface area contributed by atoms with Gasteiger partial charge in [0.1, 0.15) is 5.82 Å². The molecule has 6 nitrogen and oxygen atoms in total. The molecule has 1 N–H and O–H groups in total. The summed E-state index contributed by atoms with van der Waals surface area (Å²) in [7, 11) is 1.82. The van der Waals surface area contributed by atoms with Crippen molar-refractivity contribution in [2.45, 2.75) is 12.1 Å². The first-order valence-electron chi connectivity index (χ1n) is 5.55. The number of hydrogen-bond acceptors (Lipinski definition) is 6. The van der Waals surface area contributed by atoms with Crippen LogP contribution in [0, 0.1) is 0 Å². The number of nitrogens with one attached hydrogen (secondary N) is 1. The highest BCUT2D eigenvalue weighted by molar-refractivity contribution is 7.98. The van der Waals surface area contributed by atoms with Crippen molar-refractivity contribution in [3.8, 4) is 11.6 Å². The van der Waals surface area contributed by atoms with Crippen LogP contribution < -0.4 is 10.1 Å². The van der Waals surface area contributed by atoms with Crippen molar-refractivity contribution in [1.82, 2.24) is 19.7 Å². The van der Waals surface area contributed by atoms with Gasteiger partial charge in [0.25, 0.3) is 0 Å². The Balaban J connectivity index is 2.35. The maximum atomic E-state index is 5.37. The molecule has 0 fully saturated rings. The summed E-state index contributed by atoms with van der Waals surface area (Å²) in [4.78, 5) is 8.71. The van der Waals surface area contributed by atoms with E-state index in [1.165, 1.54) is 11.8 Å². The lowest BCUT2D eigenvalue weighted by Gasteiger charge is -2.05. The highest BCUT2D eigenvalue weighted by Gasteiger charge is 2.07. The van der Waals surface area contributed by atoms with Gasteiger partial charge in [0, 0.05) is 13.1 Å². The Morgan fingerprint density at radius 2 is 2.28 bits per heavy atom. The molecule has 7 heteroatoms. The molecule has 96 valence electrons. The molecule has 0 saturated carbocycles. The molecule has 0 unspecified atom stereocenters. The van der Waals surface area contributed by atoms with Crippen molar-refractivity contribution < 1.29 is 4.74 Å². The molecule has 0 aliphatic rings. The Kier molecular flexibility index (Phi) is 4.03. The van der Waals surface area contributed by atoms with E-state index in [0.29, 0.717) is 17.6 Å². The van der Waals surface area contributed by atoms with Crippen LogP contribution in [0.4, 0.5) is 5.82 Å². The summed E-state index contributed by atoms with van der Waals surface area (Å²) in [5.74, 6) is 2.20. The number of thioether (sulfide) groups is 1. The van der Waals surface area contributed by atoms with Gasteiger partial charge in [-0.1, -0.05) is 11.8 Å². The summed E-state index contributed by atoms with van der Waals surface area (Å²) in [6, 6.07) is 1.84. The number of ether oxygens (including phenoxy) is 1. The van der Waals surface area contributed by atoms with Crippen molar-refractivity contribution >= 4 is 17.6 Å². The first-order chi connectivity index (χ1) is 8.76. The van der Waals surface area contributed by atoms with Gasteiger partial charge < -0.3 is 10.1 Å². The lowest BCUT2D eigenvalue weighted by Crippen LogP contribution is -2.03. The van der Waals surface area contributed by atoms with E-state index >= 15 is 0 Å². The predicted molar refractivity (Wildman–Crippen MR) is 71.7 cm³/mol. The largest absolute Gasteiger partial charge is 0.491 e. The van der Waals surface area contributed by atoms with Crippen LogP contribution in [0.2, 0.25) is 0 Å². The van der Waals surface area contributed by atoms with E-state index in [0.717, 1.165) is 11.6 Å². The number of hydrogen-bond donors (Lipinski definition) is 1. The second-order valence-corrected chi connectivity index (χ2v) is 4.18. The molecule has 0 aliphatic carbocycles. The summed E-state index contributed by atoms with van der Waals surface area (Å²) >= 11 is 1.49. The van der Waals surface area contributed by atoms with Crippen molar-refractivity contribution in [1.29, 1.82) is 0 Å². The fourth-order valence-corrected chi connectivity index (χ4v) is 1.80. The Bertz CT molecular complexity index is 506. The Morgan fingerprint density at radius 1 is 1.44 bits per heavy atom. The summed E-state index contributed by atoms with van der Waals surface area (Å²) in [5.41, 5.74) is 0. The normalized spacial score (nSPS) is 10.4. The van der Waals surface area contributed by atoms with E-state index < -0.39 is 0 Å². The van der Waals surface area contributed by atoms with Gasteiger partial charge in [-0.25, -0.2) is 14.6 Å². The highest BCUT2D eigenvalue weighted by atomic mass is 32.2. The minimum atomic E-state index is 0.618. The van der Waals surface area contributed by atoms with Crippen LogP contribution in [0.3, 0.4) is 0 Å². The molecular formula is C11H15N5OS. The third kappa shape index (κ3) is 2.73. The minimum Gasteiger partial charge on any atom is -0.491 e. The van der Waals surface area contributed by atoms with Crippen LogP contribution in [-0.4, -0.2) is 39.7 Å². The quantitative estimate of drug-likeness (QED) is 0.657. The number of anilines is 1. The topological polar surface area (TPSA) is 64.9 Å². The zero-order valence-corrected chi connectivity index (χ0v) is 11.4. The van der Waals surface area contributed by atoms with Crippen LogP contribution in [0.25, 0.3) is 5.82 Å². The summed E-state index contributed by atoms with van der Waals surface area (Å²) in [6.45, 7) is 2.56. The minimum absolute atomic E-state index is 0.618. The molecule has 0 bridgehead atoms. The van der Waals surface area contributed by atoms with Crippen molar-refractivity contribution in [3.63, 3.8) is 0 Å². The van der Waals surface area contributed by atoms with Gasteiger partial charge in [-0.3, -0.25) is 0 Å². The highest BCUT2D eigenvalue weighted by Crippen LogP contribution is 2.18. The third-order valence-corrected chi connectivity index (χ3v) is 2.78. The van der Waals surface area contributed by atoms with Gasteiger partial charge in [0.15, 0.2) is 16.7 Å². The average Bonchev–Trinajstić information content (AvgIpc) is 2.87. The van der Waals surface area contributed by atoms with E-state index in [1.54, 1.807) is 17.1 Å². The van der Waals surface area contributed by atoms with Gasteiger partial charge in [-0.2, -0.15) is 5.10 Å². The number of rotatable bonds is 5. The smallest absolute Gasteiger partial charge is 0.191 e. The van der Waals surface area contributed by atoms with Gasteiger partial charge in [-0.15, -0.1) is 0 Å². The molecule has 2 aromatic rings. The van der Waals surface area contributed by atoms with Crippen LogP contribution >= 0.6 is 11.8 Å². The number of nitrogens with zero attached hydrogens (tertiary/aromatic N) is 4. The van der Waals surface area contributed by atoms with Crippen molar-refractivity contribution in [2.24, 2.45) is 0 Å². The van der Waals surface area contributed by atoms with Crippen molar-refractivity contribution in [3.05, 3.63) is 18.5 Å². The molecule has 0 radical (unpaired) electrons. The van der Waals surface area contributed by atoms with E-state index in [9.17, 15) is 0 Å². The molecule has 0 spiro atoms. The van der Waals surface area contributed by atoms with Gasteiger partial charge >= 0.3 is 0 Å². The first-order valence-corrected chi connectivity index (χ1v) is 6.78. The molecular weight excluding hydrogens is 250 g/mol. The fourth-order valence-electron chi connectivity index (χ4n) is 1.42. The van der Waals surface area contributed by atoms with E-state index in [-0.39, 0.29) is 0 Å². The van der Waals surface area contributed by atoms with E-state index in [1.807, 2.05) is 26.3 Å². The maximum Gasteiger partial charge on any atom is 0.191 e.